The number of β-lactam (4-membered cyclic amide) rings is 1. The Labute approximate surface area is 123 Å². The second-order valence-corrected chi connectivity index (χ2v) is 8.17. The maximum Gasteiger partial charge on any atom is 0.328 e. The number of aliphatic imine (C=N–C) groups is 1. The van der Waals surface area contributed by atoms with Gasteiger partial charge in [0.1, 0.15) is 10.8 Å². The number of fused-ring (bicyclic) bond motifs is 1. The summed E-state index contributed by atoms with van der Waals surface area (Å²) in [6.45, 7) is 6.01. The maximum absolute atomic E-state index is 12.4. The summed E-state index contributed by atoms with van der Waals surface area (Å²) >= 11 is 0. The van der Waals surface area contributed by atoms with Crippen molar-refractivity contribution in [2.45, 2.75) is 49.9 Å². The van der Waals surface area contributed by atoms with E-state index in [1.165, 1.54) is 13.8 Å². The quantitative estimate of drug-likeness (QED) is 0.572. The summed E-state index contributed by atoms with van der Waals surface area (Å²) < 4.78 is 23.3. The molecule has 0 aromatic rings. The number of nitrogens with zero attached hydrogens (tertiary/aromatic N) is 2. The number of sulfone groups is 1. The van der Waals surface area contributed by atoms with E-state index in [1.807, 2.05) is 0 Å². The average molecular weight is 325 g/mol. The zero-order valence-electron chi connectivity index (χ0n) is 11.5. The van der Waals surface area contributed by atoms with Gasteiger partial charge in [-0.05, 0) is 27.7 Å². The van der Waals surface area contributed by atoms with Crippen molar-refractivity contribution >= 4 is 39.8 Å². The Balaban J connectivity index is 0.00000200. The Bertz CT molecular complexity index is 594. The Kier molecular flexibility index (Phi) is 3.97. The lowest BCUT2D eigenvalue weighted by Crippen LogP contribution is -2.66. The highest BCUT2D eigenvalue weighted by atomic mass is 35.5. The average Bonchev–Trinajstić information content (AvgIpc) is 2.38. The molecule has 0 spiro atoms. The van der Waals surface area contributed by atoms with Crippen molar-refractivity contribution in [3.8, 4) is 0 Å². The van der Waals surface area contributed by atoms with Crippen LogP contribution in [0.15, 0.2) is 4.99 Å². The summed E-state index contributed by atoms with van der Waals surface area (Å²) in [5, 5.41) is 8.05. The molecule has 9 heteroatoms. The zero-order chi connectivity index (χ0) is 14.7. The number of aliphatic carboxylic acids is 1. The second-order valence-electron chi connectivity index (χ2n) is 5.55. The van der Waals surface area contributed by atoms with Crippen LogP contribution in [0, 0.1) is 0 Å². The summed E-state index contributed by atoms with van der Waals surface area (Å²) in [5.41, 5.74) is 0.588. The molecular weight excluding hydrogens is 308 g/mol. The molecule has 7 nitrogen and oxygen atoms in total. The summed E-state index contributed by atoms with van der Waals surface area (Å²) in [7, 11) is -3.77. The third kappa shape index (κ3) is 1.85. The molecule has 2 fully saturated rings. The molecule has 0 saturated carbocycles. The van der Waals surface area contributed by atoms with Gasteiger partial charge < -0.3 is 10.0 Å². The molecule has 1 amide bonds. The maximum atomic E-state index is 12.4. The summed E-state index contributed by atoms with van der Waals surface area (Å²) in [6.07, 6.45) is 0. The first-order chi connectivity index (χ1) is 8.53. The van der Waals surface area contributed by atoms with Gasteiger partial charge in [-0.15, -0.1) is 12.4 Å². The molecule has 2 heterocycles. The van der Waals surface area contributed by atoms with Gasteiger partial charge in [0.2, 0.25) is 0 Å². The van der Waals surface area contributed by atoms with Crippen molar-refractivity contribution in [1.82, 2.24) is 4.90 Å². The van der Waals surface area contributed by atoms with Crippen molar-refractivity contribution in [2.75, 3.05) is 0 Å². The first kappa shape index (κ1) is 16.9. The van der Waals surface area contributed by atoms with Crippen molar-refractivity contribution in [2.24, 2.45) is 4.99 Å². The predicted octanol–water partition coefficient (Wildman–Crippen LogP) is 0.0861. The van der Waals surface area contributed by atoms with Crippen LogP contribution < -0.4 is 0 Å². The molecule has 2 saturated heterocycles. The largest absolute Gasteiger partial charge is 0.480 e. The Morgan fingerprint density at radius 2 is 1.85 bits per heavy atom. The lowest BCUT2D eigenvalue weighted by molar-refractivity contribution is -0.159. The number of carboxylic acids is 1. The number of halogens is 1. The van der Waals surface area contributed by atoms with E-state index in [0.717, 1.165) is 4.90 Å². The van der Waals surface area contributed by atoms with Crippen LogP contribution in [0.4, 0.5) is 0 Å². The SMILES string of the molecule is CC(C)=NC1C(=O)N2C(C(=O)O)C(C)(C)S(=O)(=O)[C@H]12.Cl. The van der Waals surface area contributed by atoms with Crippen LogP contribution in [0.5, 0.6) is 0 Å². The smallest absolute Gasteiger partial charge is 0.328 e. The van der Waals surface area contributed by atoms with E-state index >= 15 is 0 Å². The number of carboxylic acid groups (broad SMARTS) is 1. The lowest BCUT2D eigenvalue weighted by atomic mass is 9.96. The van der Waals surface area contributed by atoms with Gasteiger partial charge in [-0.2, -0.15) is 0 Å². The minimum atomic E-state index is -3.77. The Hall–Kier alpha value is -1.15. The van der Waals surface area contributed by atoms with Crippen LogP contribution in [0.3, 0.4) is 0 Å². The highest BCUT2D eigenvalue weighted by molar-refractivity contribution is 7.94. The zero-order valence-corrected chi connectivity index (χ0v) is 13.2. The van der Waals surface area contributed by atoms with Gasteiger partial charge in [-0.3, -0.25) is 9.79 Å². The third-order valence-electron chi connectivity index (χ3n) is 3.67. The second kappa shape index (κ2) is 4.70. The molecule has 114 valence electrons. The molecule has 2 aliphatic heterocycles. The lowest BCUT2D eigenvalue weighted by Gasteiger charge is -2.40. The number of hydrogen-bond donors (Lipinski definition) is 1. The fraction of sp³-hybridized carbons (Fsp3) is 0.727. The summed E-state index contributed by atoms with van der Waals surface area (Å²) in [4.78, 5) is 28.2. The molecule has 2 rings (SSSR count). The summed E-state index contributed by atoms with van der Waals surface area (Å²) in [5.74, 6) is -1.84. The van der Waals surface area contributed by atoms with Crippen LogP contribution in [0.1, 0.15) is 27.7 Å². The highest BCUT2D eigenvalue weighted by Crippen LogP contribution is 2.46. The van der Waals surface area contributed by atoms with E-state index in [-0.39, 0.29) is 12.4 Å². The van der Waals surface area contributed by atoms with E-state index in [2.05, 4.69) is 4.99 Å². The molecule has 2 unspecified atom stereocenters. The molecule has 20 heavy (non-hydrogen) atoms. The molecule has 0 bridgehead atoms. The monoisotopic (exact) mass is 324 g/mol. The van der Waals surface area contributed by atoms with Crippen LogP contribution in [-0.4, -0.2) is 58.2 Å². The van der Waals surface area contributed by atoms with E-state index in [0.29, 0.717) is 5.71 Å². The molecule has 0 radical (unpaired) electrons. The molecule has 0 aromatic heterocycles. The minimum absolute atomic E-state index is 0. The van der Waals surface area contributed by atoms with E-state index in [1.54, 1.807) is 13.8 Å². The first-order valence-electron chi connectivity index (χ1n) is 5.83. The van der Waals surface area contributed by atoms with Crippen molar-refractivity contribution in [1.29, 1.82) is 0 Å². The number of rotatable bonds is 2. The Morgan fingerprint density at radius 1 is 1.35 bits per heavy atom. The van der Waals surface area contributed by atoms with Gasteiger partial charge in [0.15, 0.2) is 21.3 Å². The third-order valence-corrected chi connectivity index (χ3v) is 6.48. The fourth-order valence-corrected chi connectivity index (χ4v) is 4.87. The van der Waals surface area contributed by atoms with Crippen LogP contribution >= 0.6 is 12.4 Å². The Morgan fingerprint density at radius 3 is 2.25 bits per heavy atom. The van der Waals surface area contributed by atoms with Crippen LogP contribution in [0.25, 0.3) is 0 Å². The van der Waals surface area contributed by atoms with Crippen molar-refractivity contribution < 1.29 is 23.1 Å². The van der Waals surface area contributed by atoms with Crippen LogP contribution in [0.2, 0.25) is 0 Å². The molecule has 0 aliphatic carbocycles. The number of hydrogen-bond acceptors (Lipinski definition) is 5. The number of amides is 1. The first-order valence-corrected chi connectivity index (χ1v) is 7.37. The molecule has 1 N–H and O–H groups in total. The molecule has 0 aromatic carbocycles. The number of carbonyl (C=O) groups excluding carboxylic acids is 1. The van der Waals surface area contributed by atoms with E-state index < -0.39 is 43.9 Å². The fourth-order valence-electron chi connectivity index (χ4n) is 2.68. The number of carbonyl (C=O) groups is 2. The minimum Gasteiger partial charge on any atom is -0.480 e. The van der Waals surface area contributed by atoms with Gasteiger partial charge in [-0.25, -0.2) is 13.2 Å². The predicted molar refractivity (Wildman–Crippen MR) is 74.9 cm³/mol. The van der Waals surface area contributed by atoms with Crippen LogP contribution in [-0.2, 0) is 19.4 Å². The van der Waals surface area contributed by atoms with Crippen molar-refractivity contribution in [3.63, 3.8) is 0 Å². The van der Waals surface area contributed by atoms with Gasteiger partial charge in [0, 0.05) is 5.71 Å². The molecule has 2 aliphatic rings. The molecular formula is C11H17ClN2O5S. The van der Waals surface area contributed by atoms with Gasteiger partial charge in [0.25, 0.3) is 5.91 Å². The summed E-state index contributed by atoms with van der Waals surface area (Å²) in [6, 6.07) is -2.35. The normalized spacial score (nSPS) is 32.7. The standard InChI is InChI=1S/C11H16N2O5S.ClH/c1-5(2)12-6-8(14)13-7(10(15)16)11(3,4)19(17,18)9(6)13;/h6-7,9H,1-4H3,(H,15,16);1H/t6?,7?,9-;/m1./s1. The van der Waals surface area contributed by atoms with Gasteiger partial charge in [0.05, 0.1) is 0 Å². The van der Waals surface area contributed by atoms with Gasteiger partial charge in [-0.1, -0.05) is 0 Å². The molecule has 3 atom stereocenters. The van der Waals surface area contributed by atoms with E-state index in [9.17, 15) is 23.1 Å². The van der Waals surface area contributed by atoms with Gasteiger partial charge >= 0.3 is 5.97 Å². The highest BCUT2D eigenvalue weighted by Gasteiger charge is 2.72. The van der Waals surface area contributed by atoms with E-state index in [4.69, 9.17) is 0 Å². The van der Waals surface area contributed by atoms with Crippen molar-refractivity contribution in [3.05, 3.63) is 0 Å². The topological polar surface area (TPSA) is 104 Å².